The second-order valence-electron chi connectivity index (χ2n) is 3.53. The molecule has 0 aromatic heterocycles. The summed E-state index contributed by atoms with van der Waals surface area (Å²) < 4.78 is 10.0. The molecule has 4 nitrogen and oxygen atoms in total. The first-order valence-corrected chi connectivity index (χ1v) is 5.70. The van der Waals surface area contributed by atoms with Gasteiger partial charge in [0.25, 0.3) is 0 Å². The van der Waals surface area contributed by atoms with E-state index in [1.54, 1.807) is 37.3 Å². The van der Waals surface area contributed by atoms with Gasteiger partial charge in [0.05, 0.1) is 6.61 Å². The largest absolute Gasteiger partial charge is 0.490 e. The quantitative estimate of drug-likeness (QED) is 0.322. The lowest BCUT2D eigenvalue weighted by molar-refractivity contribution is -0.141. The molecule has 1 rings (SSSR count). The predicted octanol–water partition coefficient (Wildman–Crippen LogP) is 2.39. The van der Waals surface area contributed by atoms with Crippen LogP contribution in [0.4, 0.5) is 0 Å². The Labute approximate surface area is 106 Å². The maximum absolute atomic E-state index is 11.7. The SMILES string of the molecule is C=CCOc1ccc(C(=O)CC(=O)OCC)cc1. The van der Waals surface area contributed by atoms with Crippen molar-refractivity contribution >= 4 is 11.8 Å². The number of carbonyl (C=O) groups is 2. The average Bonchev–Trinajstić information content (AvgIpc) is 2.37. The number of rotatable bonds is 7. The van der Waals surface area contributed by atoms with Crippen molar-refractivity contribution < 1.29 is 19.1 Å². The third-order valence-electron chi connectivity index (χ3n) is 2.15. The van der Waals surface area contributed by atoms with Crippen molar-refractivity contribution in [1.82, 2.24) is 0 Å². The Kier molecular flexibility index (Phi) is 5.64. The molecule has 96 valence electrons. The molecule has 18 heavy (non-hydrogen) atoms. The molecule has 0 saturated heterocycles. The van der Waals surface area contributed by atoms with E-state index in [1.165, 1.54) is 0 Å². The van der Waals surface area contributed by atoms with Crippen molar-refractivity contribution in [1.29, 1.82) is 0 Å². The summed E-state index contributed by atoms with van der Waals surface area (Å²) in [5.74, 6) is -0.110. The van der Waals surface area contributed by atoms with E-state index in [-0.39, 0.29) is 18.8 Å². The van der Waals surface area contributed by atoms with Crippen molar-refractivity contribution in [2.45, 2.75) is 13.3 Å². The molecule has 0 N–H and O–H groups in total. The van der Waals surface area contributed by atoms with Crippen LogP contribution in [0.2, 0.25) is 0 Å². The van der Waals surface area contributed by atoms with E-state index < -0.39 is 5.97 Å². The van der Waals surface area contributed by atoms with Crippen molar-refractivity contribution in [3.8, 4) is 5.75 Å². The summed E-state index contributed by atoms with van der Waals surface area (Å²) in [5, 5.41) is 0. The van der Waals surface area contributed by atoms with Gasteiger partial charge in [0.2, 0.25) is 0 Å². The third kappa shape index (κ3) is 4.41. The molecule has 1 aromatic rings. The van der Waals surface area contributed by atoms with E-state index in [9.17, 15) is 9.59 Å². The van der Waals surface area contributed by atoms with Crippen LogP contribution in [0, 0.1) is 0 Å². The summed E-state index contributed by atoms with van der Waals surface area (Å²) in [4.78, 5) is 22.9. The van der Waals surface area contributed by atoms with Crippen LogP contribution >= 0.6 is 0 Å². The Morgan fingerprint density at radius 1 is 1.28 bits per heavy atom. The van der Waals surface area contributed by atoms with Gasteiger partial charge in [-0.05, 0) is 31.2 Å². The lowest BCUT2D eigenvalue weighted by atomic mass is 10.1. The third-order valence-corrected chi connectivity index (χ3v) is 2.15. The van der Waals surface area contributed by atoms with Crippen LogP contribution in [-0.4, -0.2) is 25.0 Å². The van der Waals surface area contributed by atoms with E-state index in [1.807, 2.05) is 0 Å². The zero-order chi connectivity index (χ0) is 13.4. The van der Waals surface area contributed by atoms with Gasteiger partial charge >= 0.3 is 5.97 Å². The van der Waals surface area contributed by atoms with Gasteiger partial charge < -0.3 is 9.47 Å². The lowest BCUT2D eigenvalue weighted by Gasteiger charge is -2.04. The molecular weight excluding hydrogens is 232 g/mol. The highest BCUT2D eigenvalue weighted by Gasteiger charge is 2.12. The number of ether oxygens (including phenoxy) is 2. The van der Waals surface area contributed by atoms with E-state index in [2.05, 4.69) is 6.58 Å². The molecule has 0 bridgehead atoms. The Balaban J connectivity index is 2.58. The van der Waals surface area contributed by atoms with Gasteiger partial charge in [-0.2, -0.15) is 0 Å². The number of hydrogen-bond acceptors (Lipinski definition) is 4. The van der Waals surface area contributed by atoms with Crippen molar-refractivity contribution in [2.75, 3.05) is 13.2 Å². The van der Waals surface area contributed by atoms with Crippen molar-refractivity contribution in [3.63, 3.8) is 0 Å². The van der Waals surface area contributed by atoms with E-state index >= 15 is 0 Å². The van der Waals surface area contributed by atoms with Crippen LogP contribution in [0.3, 0.4) is 0 Å². The minimum Gasteiger partial charge on any atom is -0.490 e. The van der Waals surface area contributed by atoms with Gasteiger partial charge in [0, 0.05) is 5.56 Å². The summed E-state index contributed by atoms with van der Waals surface area (Å²) in [6.07, 6.45) is 1.40. The van der Waals surface area contributed by atoms with Gasteiger partial charge in [-0.3, -0.25) is 9.59 Å². The highest BCUT2D eigenvalue weighted by Crippen LogP contribution is 2.13. The Hall–Kier alpha value is -2.10. The highest BCUT2D eigenvalue weighted by molar-refractivity contribution is 6.05. The van der Waals surface area contributed by atoms with Crippen LogP contribution in [0.15, 0.2) is 36.9 Å². The van der Waals surface area contributed by atoms with Crippen LogP contribution in [0.25, 0.3) is 0 Å². The van der Waals surface area contributed by atoms with Gasteiger partial charge in [-0.1, -0.05) is 12.7 Å². The summed E-state index contributed by atoms with van der Waals surface area (Å²) in [6.45, 7) is 5.93. The topological polar surface area (TPSA) is 52.6 Å². The highest BCUT2D eigenvalue weighted by atomic mass is 16.5. The lowest BCUT2D eigenvalue weighted by Crippen LogP contribution is -2.11. The number of ketones is 1. The van der Waals surface area contributed by atoms with Gasteiger partial charge in [-0.25, -0.2) is 0 Å². The van der Waals surface area contributed by atoms with Gasteiger partial charge in [-0.15, -0.1) is 0 Å². The van der Waals surface area contributed by atoms with E-state index in [4.69, 9.17) is 9.47 Å². The molecule has 0 atom stereocenters. The number of hydrogen-bond donors (Lipinski definition) is 0. The van der Waals surface area contributed by atoms with Crippen molar-refractivity contribution in [2.24, 2.45) is 0 Å². The summed E-state index contributed by atoms with van der Waals surface area (Å²) in [5.41, 5.74) is 0.467. The second kappa shape index (κ2) is 7.27. The summed E-state index contributed by atoms with van der Waals surface area (Å²) in [7, 11) is 0. The van der Waals surface area contributed by atoms with Crippen LogP contribution < -0.4 is 4.74 Å². The molecule has 0 saturated carbocycles. The Morgan fingerprint density at radius 2 is 1.94 bits per heavy atom. The minimum absolute atomic E-state index is 0.235. The molecule has 0 amide bonds. The summed E-state index contributed by atoms with van der Waals surface area (Å²) in [6, 6.07) is 6.61. The normalized spacial score (nSPS) is 9.61. The maximum Gasteiger partial charge on any atom is 0.313 e. The molecule has 1 aromatic carbocycles. The molecule has 0 spiro atoms. The summed E-state index contributed by atoms with van der Waals surface area (Å²) >= 11 is 0. The van der Waals surface area contributed by atoms with E-state index in [0.29, 0.717) is 17.9 Å². The fraction of sp³-hybridized carbons (Fsp3) is 0.286. The van der Waals surface area contributed by atoms with Crippen LogP contribution in [-0.2, 0) is 9.53 Å². The predicted molar refractivity (Wildman–Crippen MR) is 67.7 cm³/mol. The second-order valence-corrected chi connectivity index (χ2v) is 3.53. The Bertz CT molecular complexity index is 420. The van der Waals surface area contributed by atoms with Crippen molar-refractivity contribution in [3.05, 3.63) is 42.5 Å². The number of carbonyl (C=O) groups excluding carboxylic acids is 2. The fourth-order valence-corrected chi connectivity index (χ4v) is 1.34. The molecule has 0 aliphatic rings. The molecule has 0 aliphatic carbocycles. The standard InChI is InChI=1S/C14H16O4/c1-3-9-18-12-7-5-11(6-8-12)13(15)10-14(16)17-4-2/h3,5-8H,1,4,9-10H2,2H3. The first-order valence-electron chi connectivity index (χ1n) is 5.70. The minimum atomic E-state index is -0.505. The van der Waals surface area contributed by atoms with Gasteiger partial charge in [0.1, 0.15) is 18.8 Å². The molecule has 4 heteroatoms. The Morgan fingerprint density at radius 3 is 2.50 bits per heavy atom. The first kappa shape index (κ1) is 14.0. The molecule has 0 fully saturated rings. The van der Waals surface area contributed by atoms with Crippen LogP contribution in [0.5, 0.6) is 5.75 Å². The molecule has 0 heterocycles. The number of Topliss-reactive ketones (excluding diaryl/α,β-unsaturated/α-hetero) is 1. The molecule has 0 aliphatic heterocycles. The molecule has 0 radical (unpaired) electrons. The number of benzene rings is 1. The maximum atomic E-state index is 11.7. The first-order chi connectivity index (χ1) is 8.67. The smallest absolute Gasteiger partial charge is 0.313 e. The van der Waals surface area contributed by atoms with E-state index in [0.717, 1.165) is 0 Å². The zero-order valence-electron chi connectivity index (χ0n) is 10.3. The number of esters is 1. The molecular formula is C14H16O4. The zero-order valence-corrected chi connectivity index (χ0v) is 10.3. The van der Waals surface area contributed by atoms with Crippen LogP contribution in [0.1, 0.15) is 23.7 Å². The van der Waals surface area contributed by atoms with Gasteiger partial charge in [0.15, 0.2) is 5.78 Å². The monoisotopic (exact) mass is 248 g/mol. The average molecular weight is 248 g/mol. The molecule has 0 unspecified atom stereocenters. The fourth-order valence-electron chi connectivity index (χ4n) is 1.34.